The third-order valence-electron chi connectivity index (χ3n) is 1.94. The van der Waals surface area contributed by atoms with Gasteiger partial charge in [0.25, 0.3) is 0 Å². The topological polar surface area (TPSA) is 62.5 Å². The molecule has 0 saturated heterocycles. The van der Waals surface area contributed by atoms with Crippen LogP contribution in [-0.4, -0.2) is 36.1 Å². The van der Waals surface area contributed by atoms with Crippen molar-refractivity contribution in [2.75, 3.05) is 13.2 Å². The number of aliphatic hydroxyl groups excluding tert-OH is 1. The molecule has 0 aliphatic carbocycles. The first-order chi connectivity index (χ1) is 6.45. The summed E-state index contributed by atoms with van der Waals surface area (Å²) in [6, 6.07) is 2.04. The summed E-state index contributed by atoms with van der Waals surface area (Å²) in [7, 11) is 0. The largest absolute Gasteiger partial charge is 0.391 e. The van der Waals surface area contributed by atoms with Gasteiger partial charge in [-0.05, 0) is 27.7 Å². The Morgan fingerprint density at radius 1 is 1.50 bits per heavy atom. The Bertz CT molecular complexity index is 200. The molecule has 82 valence electrons. The molecule has 14 heavy (non-hydrogen) atoms. The monoisotopic (exact) mass is 201 g/mol. The molecule has 1 N–H and O–H groups in total. The maximum absolute atomic E-state index is 9.23. The lowest BCUT2D eigenvalue weighted by Gasteiger charge is -2.27. The van der Waals surface area contributed by atoms with Gasteiger partial charge in [-0.25, -0.2) is 0 Å². The third-order valence-corrected chi connectivity index (χ3v) is 1.94. The van der Waals surface area contributed by atoms with Crippen molar-refractivity contribution in [3.63, 3.8) is 0 Å². The third kappa shape index (κ3) is 4.56. The highest BCUT2D eigenvalue weighted by Crippen LogP contribution is 2.14. The van der Waals surface area contributed by atoms with Crippen LogP contribution in [0.15, 0.2) is 0 Å². The van der Waals surface area contributed by atoms with Gasteiger partial charge in [-0.15, -0.1) is 0 Å². The number of hydrogen-bond donors (Lipinski definition) is 1. The van der Waals surface area contributed by atoms with Crippen LogP contribution in [0.2, 0.25) is 0 Å². The van der Waals surface area contributed by atoms with Crippen molar-refractivity contribution in [3.05, 3.63) is 0 Å². The van der Waals surface area contributed by atoms with E-state index in [2.05, 4.69) is 0 Å². The molecular weight excluding hydrogens is 182 g/mol. The number of nitrogens with zero attached hydrogens (tertiary/aromatic N) is 1. The standard InChI is InChI=1S/C10H19NO3/c1-5-13-7-10(4,6-11)14-9(3)8(2)12/h8-9,12H,5,7H2,1-4H3. The van der Waals surface area contributed by atoms with E-state index in [1.165, 1.54) is 0 Å². The fourth-order valence-corrected chi connectivity index (χ4v) is 0.898. The number of nitriles is 1. The fourth-order valence-electron chi connectivity index (χ4n) is 0.898. The van der Waals surface area contributed by atoms with Gasteiger partial charge in [0.2, 0.25) is 0 Å². The number of hydrogen-bond acceptors (Lipinski definition) is 4. The highest BCUT2D eigenvalue weighted by molar-refractivity contribution is 4.99. The summed E-state index contributed by atoms with van der Waals surface area (Å²) in [6.45, 7) is 7.63. The van der Waals surface area contributed by atoms with Crippen LogP contribution >= 0.6 is 0 Å². The highest BCUT2D eigenvalue weighted by atomic mass is 16.6. The van der Waals surface area contributed by atoms with Crippen LogP contribution in [0.3, 0.4) is 0 Å². The smallest absolute Gasteiger partial charge is 0.174 e. The molecule has 0 aromatic carbocycles. The van der Waals surface area contributed by atoms with Crippen molar-refractivity contribution in [2.24, 2.45) is 0 Å². The summed E-state index contributed by atoms with van der Waals surface area (Å²) in [5, 5.41) is 18.1. The van der Waals surface area contributed by atoms with Gasteiger partial charge in [0.05, 0.1) is 24.9 Å². The molecule has 0 spiro atoms. The van der Waals surface area contributed by atoms with Crippen molar-refractivity contribution in [3.8, 4) is 6.07 Å². The summed E-state index contributed by atoms with van der Waals surface area (Å²) >= 11 is 0. The molecule has 0 heterocycles. The second kappa shape index (κ2) is 5.97. The van der Waals surface area contributed by atoms with E-state index in [-0.39, 0.29) is 12.7 Å². The van der Waals surface area contributed by atoms with Gasteiger partial charge in [-0.3, -0.25) is 0 Å². The molecule has 4 heteroatoms. The Morgan fingerprint density at radius 2 is 2.07 bits per heavy atom. The first-order valence-corrected chi connectivity index (χ1v) is 4.80. The average molecular weight is 201 g/mol. The van der Waals surface area contributed by atoms with Gasteiger partial charge in [-0.1, -0.05) is 0 Å². The van der Waals surface area contributed by atoms with Crippen LogP contribution in [0.4, 0.5) is 0 Å². The van der Waals surface area contributed by atoms with E-state index in [1.54, 1.807) is 20.8 Å². The van der Waals surface area contributed by atoms with Crippen LogP contribution in [0.1, 0.15) is 27.7 Å². The zero-order chi connectivity index (χ0) is 11.2. The van der Waals surface area contributed by atoms with E-state index in [9.17, 15) is 5.11 Å². The van der Waals surface area contributed by atoms with Crippen molar-refractivity contribution in [1.82, 2.24) is 0 Å². The molecule has 0 fully saturated rings. The van der Waals surface area contributed by atoms with Crippen molar-refractivity contribution in [1.29, 1.82) is 5.26 Å². The van der Waals surface area contributed by atoms with Gasteiger partial charge < -0.3 is 14.6 Å². The lowest BCUT2D eigenvalue weighted by Crippen LogP contribution is -2.39. The summed E-state index contributed by atoms with van der Waals surface area (Å²) in [6.07, 6.45) is -0.968. The summed E-state index contributed by atoms with van der Waals surface area (Å²) in [5.41, 5.74) is -0.980. The number of rotatable bonds is 6. The van der Waals surface area contributed by atoms with E-state index in [0.29, 0.717) is 6.61 Å². The molecule has 0 aliphatic rings. The molecule has 0 aromatic heterocycles. The van der Waals surface area contributed by atoms with Crippen molar-refractivity contribution < 1.29 is 14.6 Å². The fraction of sp³-hybridized carbons (Fsp3) is 0.900. The summed E-state index contributed by atoms with van der Waals surface area (Å²) < 4.78 is 10.6. The van der Waals surface area contributed by atoms with Gasteiger partial charge >= 0.3 is 0 Å². The molecule has 0 amide bonds. The Hall–Kier alpha value is -0.630. The van der Waals surface area contributed by atoms with Crippen LogP contribution in [0.25, 0.3) is 0 Å². The SMILES string of the molecule is CCOCC(C)(C#N)OC(C)C(C)O. The Morgan fingerprint density at radius 3 is 2.43 bits per heavy atom. The molecule has 0 bridgehead atoms. The normalized spacial score (nSPS) is 19.4. The first kappa shape index (κ1) is 13.4. The van der Waals surface area contributed by atoms with Crippen molar-refractivity contribution >= 4 is 0 Å². The lowest BCUT2D eigenvalue weighted by atomic mass is 10.1. The predicted molar refractivity (Wildman–Crippen MR) is 52.7 cm³/mol. The predicted octanol–water partition coefficient (Wildman–Crippen LogP) is 1.09. The maximum Gasteiger partial charge on any atom is 0.174 e. The van der Waals surface area contributed by atoms with Crippen LogP contribution in [-0.2, 0) is 9.47 Å². The van der Waals surface area contributed by atoms with E-state index in [1.807, 2.05) is 13.0 Å². The van der Waals surface area contributed by atoms with E-state index in [0.717, 1.165) is 0 Å². The molecule has 0 rings (SSSR count). The van der Waals surface area contributed by atoms with Gasteiger partial charge in [0, 0.05) is 6.61 Å². The van der Waals surface area contributed by atoms with E-state index >= 15 is 0 Å². The zero-order valence-corrected chi connectivity index (χ0v) is 9.28. The molecule has 0 aromatic rings. The minimum Gasteiger partial charge on any atom is -0.391 e. The molecule has 3 atom stereocenters. The quantitative estimate of drug-likeness (QED) is 0.698. The second-order valence-corrected chi connectivity index (χ2v) is 3.54. The Labute approximate surface area is 85.4 Å². The number of aliphatic hydroxyl groups is 1. The molecule has 0 radical (unpaired) electrons. The minimum atomic E-state index is -0.980. The van der Waals surface area contributed by atoms with Gasteiger partial charge in [-0.2, -0.15) is 5.26 Å². The summed E-state index contributed by atoms with van der Waals surface area (Å²) in [5.74, 6) is 0. The Balaban J connectivity index is 4.19. The highest BCUT2D eigenvalue weighted by Gasteiger charge is 2.29. The molecule has 3 unspecified atom stereocenters. The average Bonchev–Trinajstić information content (AvgIpc) is 2.14. The van der Waals surface area contributed by atoms with Crippen LogP contribution in [0.5, 0.6) is 0 Å². The molecule has 0 aliphatic heterocycles. The van der Waals surface area contributed by atoms with Gasteiger partial charge in [0.1, 0.15) is 0 Å². The lowest BCUT2D eigenvalue weighted by molar-refractivity contribution is -0.115. The molecule has 0 saturated carbocycles. The second-order valence-electron chi connectivity index (χ2n) is 3.54. The minimum absolute atomic E-state index is 0.219. The Kier molecular flexibility index (Phi) is 5.70. The van der Waals surface area contributed by atoms with Gasteiger partial charge in [0.15, 0.2) is 5.60 Å². The first-order valence-electron chi connectivity index (χ1n) is 4.80. The van der Waals surface area contributed by atoms with Crippen molar-refractivity contribution in [2.45, 2.75) is 45.5 Å². The zero-order valence-electron chi connectivity index (χ0n) is 9.28. The molecular formula is C10H19NO3. The van der Waals surface area contributed by atoms with E-state index in [4.69, 9.17) is 14.7 Å². The van der Waals surface area contributed by atoms with Crippen LogP contribution in [0, 0.1) is 11.3 Å². The van der Waals surface area contributed by atoms with E-state index < -0.39 is 11.7 Å². The number of ether oxygens (including phenoxy) is 2. The molecule has 4 nitrogen and oxygen atoms in total. The van der Waals surface area contributed by atoms with Crippen LogP contribution < -0.4 is 0 Å². The maximum atomic E-state index is 9.23. The summed E-state index contributed by atoms with van der Waals surface area (Å²) in [4.78, 5) is 0.